The van der Waals surface area contributed by atoms with Gasteiger partial charge in [0.15, 0.2) is 16.3 Å². The van der Waals surface area contributed by atoms with Crippen molar-refractivity contribution in [2.24, 2.45) is 0 Å². The van der Waals surface area contributed by atoms with E-state index in [1.807, 2.05) is 31.2 Å². The molecule has 0 aliphatic rings. The van der Waals surface area contributed by atoms with Crippen LogP contribution in [0.2, 0.25) is 0 Å². The SMILES string of the molecule is Cc1ccc(-c2ncc(NC(=O)c3ccc(Br)o3)cn2)cc1. The van der Waals surface area contributed by atoms with Crippen LogP contribution in [0.4, 0.5) is 5.69 Å². The van der Waals surface area contributed by atoms with Gasteiger partial charge in [0, 0.05) is 5.56 Å². The van der Waals surface area contributed by atoms with Gasteiger partial charge in [0.05, 0.1) is 18.1 Å². The molecule has 0 radical (unpaired) electrons. The maximum atomic E-state index is 11.9. The summed E-state index contributed by atoms with van der Waals surface area (Å²) < 4.78 is 5.69. The second kappa shape index (κ2) is 6.11. The standard InChI is InChI=1S/C16H12BrN3O2/c1-10-2-4-11(5-3-10)15-18-8-12(9-19-15)20-16(21)13-6-7-14(17)22-13/h2-9H,1H3,(H,20,21). The summed E-state index contributed by atoms with van der Waals surface area (Å²) in [5.41, 5.74) is 2.61. The predicted molar refractivity (Wildman–Crippen MR) is 86.6 cm³/mol. The van der Waals surface area contributed by atoms with Crippen LogP contribution in [0.5, 0.6) is 0 Å². The fraction of sp³-hybridized carbons (Fsp3) is 0.0625. The molecule has 5 nitrogen and oxygen atoms in total. The Balaban J connectivity index is 1.74. The van der Waals surface area contributed by atoms with Crippen LogP contribution in [-0.4, -0.2) is 15.9 Å². The zero-order chi connectivity index (χ0) is 15.5. The van der Waals surface area contributed by atoms with Crippen molar-refractivity contribution in [1.82, 2.24) is 9.97 Å². The summed E-state index contributed by atoms with van der Waals surface area (Å²) in [6.45, 7) is 2.02. The number of halogens is 1. The lowest BCUT2D eigenvalue weighted by Crippen LogP contribution is -2.11. The number of carbonyl (C=O) groups is 1. The monoisotopic (exact) mass is 357 g/mol. The summed E-state index contributed by atoms with van der Waals surface area (Å²) in [6, 6.07) is 11.2. The van der Waals surface area contributed by atoms with E-state index in [0.717, 1.165) is 5.56 Å². The Morgan fingerprint density at radius 2 is 1.77 bits per heavy atom. The number of amides is 1. The number of hydrogen-bond donors (Lipinski definition) is 1. The number of carbonyl (C=O) groups excluding carboxylic acids is 1. The Kier molecular flexibility index (Phi) is 4.02. The lowest BCUT2D eigenvalue weighted by molar-refractivity contribution is 0.0995. The Bertz CT molecular complexity index is 795. The van der Waals surface area contributed by atoms with E-state index >= 15 is 0 Å². The molecule has 6 heteroatoms. The predicted octanol–water partition coefficient (Wildman–Crippen LogP) is 4.06. The molecular formula is C16H12BrN3O2. The minimum Gasteiger partial charge on any atom is -0.444 e. The van der Waals surface area contributed by atoms with E-state index in [4.69, 9.17) is 4.42 Å². The molecule has 0 saturated carbocycles. The number of furan rings is 1. The first-order valence-corrected chi connectivity index (χ1v) is 7.37. The molecule has 1 amide bonds. The molecule has 0 saturated heterocycles. The number of hydrogen-bond acceptors (Lipinski definition) is 4. The zero-order valence-corrected chi connectivity index (χ0v) is 13.3. The number of benzene rings is 1. The van der Waals surface area contributed by atoms with Crippen molar-refractivity contribution in [2.45, 2.75) is 6.92 Å². The number of rotatable bonds is 3. The van der Waals surface area contributed by atoms with Gasteiger partial charge in [-0.15, -0.1) is 0 Å². The summed E-state index contributed by atoms with van der Waals surface area (Å²) >= 11 is 3.15. The van der Waals surface area contributed by atoms with E-state index in [9.17, 15) is 4.79 Å². The number of aromatic nitrogens is 2. The first kappa shape index (κ1) is 14.5. The zero-order valence-electron chi connectivity index (χ0n) is 11.7. The first-order chi connectivity index (χ1) is 10.6. The molecule has 0 aliphatic heterocycles. The van der Waals surface area contributed by atoms with Gasteiger partial charge in [-0.25, -0.2) is 9.97 Å². The van der Waals surface area contributed by atoms with Gasteiger partial charge in [-0.2, -0.15) is 0 Å². The molecule has 1 aromatic carbocycles. The molecule has 3 rings (SSSR count). The smallest absolute Gasteiger partial charge is 0.291 e. The highest BCUT2D eigenvalue weighted by Gasteiger charge is 2.11. The van der Waals surface area contributed by atoms with Gasteiger partial charge in [-0.3, -0.25) is 4.79 Å². The molecular weight excluding hydrogens is 346 g/mol. The van der Waals surface area contributed by atoms with Crippen LogP contribution >= 0.6 is 15.9 Å². The highest BCUT2D eigenvalue weighted by atomic mass is 79.9. The topological polar surface area (TPSA) is 68.0 Å². The molecule has 0 atom stereocenters. The third kappa shape index (κ3) is 3.23. The normalized spacial score (nSPS) is 10.5. The van der Waals surface area contributed by atoms with Crippen LogP contribution in [-0.2, 0) is 0 Å². The van der Waals surface area contributed by atoms with E-state index in [1.165, 1.54) is 5.56 Å². The minimum absolute atomic E-state index is 0.217. The van der Waals surface area contributed by atoms with Gasteiger partial charge in [0.25, 0.3) is 5.91 Å². The third-order valence-electron chi connectivity index (χ3n) is 3.02. The quantitative estimate of drug-likeness (QED) is 0.767. The van der Waals surface area contributed by atoms with E-state index in [1.54, 1.807) is 24.5 Å². The van der Waals surface area contributed by atoms with E-state index in [-0.39, 0.29) is 11.7 Å². The molecule has 0 spiro atoms. The van der Waals surface area contributed by atoms with Crippen molar-refractivity contribution in [3.05, 3.63) is 64.8 Å². The maximum absolute atomic E-state index is 11.9. The van der Waals surface area contributed by atoms with E-state index < -0.39 is 0 Å². The first-order valence-electron chi connectivity index (χ1n) is 6.57. The van der Waals surface area contributed by atoms with Crippen molar-refractivity contribution in [3.63, 3.8) is 0 Å². The van der Waals surface area contributed by atoms with E-state index in [2.05, 4.69) is 31.2 Å². The van der Waals surface area contributed by atoms with Gasteiger partial charge in [-0.1, -0.05) is 29.8 Å². The second-order valence-electron chi connectivity index (χ2n) is 4.72. The highest BCUT2D eigenvalue weighted by Crippen LogP contribution is 2.18. The lowest BCUT2D eigenvalue weighted by atomic mass is 10.1. The molecule has 1 N–H and O–H groups in total. The molecule has 3 aromatic rings. The summed E-state index contributed by atoms with van der Waals surface area (Å²) in [5.74, 6) is 0.477. The molecule has 0 bridgehead atoms. The van der Waals surface area contributed by atoms with Crippen molar-refractivity contribution < 1.29 is 9.21 Å². The van der Waals surface area contributed by atoms with Gasteiger partial charge in [0.2, 0.25) is 0 Å². The van der Waals surface area contributed by atoms with Gasteiger partial charge < -0.3 is 9.73 Å². The fourth-order valence-electron chi connectivity index (χ4n) is 1.87. The van der Waals surface area contributed by atoms with Crippen LogP contribution < -0.4 is 5.32 Å². The molecule has 0 unspecified atom stereocenters. The molecule has 2 heterocycles. The average molecular weight is 358 g/mol. The fourth-order valence-corrected chi connectivity index (χ4v) is 2.18. The number of nitrogens with one attached hydrogen (secondary N) is 1. The number of nitrogens with zero attached hydrogens (tertiary/aromatic N) is 2. The summed E-state index contributed by atoms with van der Waals surface area (Å²) in [4.78, 5) is 20.5. The second-order valence-corrected chi connectivity index (χ2v) is 5.50. The van der Waals surface area contributed by atoms with Gasteiger partial charge in [-0.05, 0) is 35.0 Å². The minimum atomic E-state index is -0.350. The van der Waals surface area contributed by atoms with Crippen molar-refractivity contribution >= 4 is 27.5 Å². The molecule has 110 valence electrons. The largest absolute Gasteiger partial charge is 0.444 e. The highest BCUT2D eigenvalue weighted by molar-refractivity contribution is 9.10. The summed E-state index contributed by atoms with van der Waals surface area (Å²) in [7, 11) is 0. The molecule has 2 aromatic heterocycles. The summed E-state index contributed by atoms with van der Waals surface area (Å²) in [5, 5.41) is 2.68. The number of aryl methyl sites for hydroxylation is 1. The van der Waals surface area contributed by atoms with Crippen LogP contribution in [0.3, 0.4) is 0 Å². The number of anilines is 1. The Morgan fingerprint density at radius 1 is 1.09 bits per heavy atom. The molecule has 0 fully saturated rings. The van der Waals surface area contributed by atoms with Crippen molar-refractivity contribution in [3.8, 4) is 11.4 Å². The molecule has 22 heavy (non-hydrogen) atoms. The Morgan fingerprint density at radius 3 is 2.36 bits per heavy atom. The summed E-state index contributed by atoms with van der Waals surface area (Å²) in [6.07, 6.45) is 3.14. The third-order valence-corrected chi connectivity index (χ3v) is 3.44. The van der Waals surface area contributed by atoms with Gasteiger partial charge in [0.1, 0.15) is 0 Å². The van der Waals surface area contributed by atoms with Crippen LogP contribution in [0, 0.1) is 6.92 Å². The van der Waals surface area contributed by atoms with Crippen LogP contribution in [0.15, 0.2) is 57.9 Å². The Labute approximate surface area is 135 Å². The van der Waals surface area contributed by atoms with E-state index in [0.29, 0.717) is 16.2 Å². The van der Waals surface area contributed by atoms with Crippen LogP contribution in [0.25, 0.3) is 11.4 Å². The van der Waals surface area contributed by atoms with Crippen molar-refractivity contribution in [1.29, 1.82) is 0 Å². The Hall–Kier alpha value is -2.47. The molecule has 0 aliphatic carbocycles. The maximum Gasteiger partial charge on any atom is 0.291 e. The van der Waals surface area contributed by atoms with Gasteiger partial charge >= 0.3 is 0 Å². The van der Waals surface area contributed by atoms with Crippen molar-refractivity contribution in [2.75, 3.05) is 5.32 Å². The van der Waals surface area contributed by atoms with Crippen LogP contribution in [0.1, 0.15) is 16.1 Å². The average Bonchev–Trinajstić information content (AvgIpc) is 2.96. The lowest BCUT2D eigenvalue weighted by Gasteiger charge is -2.04.